The minimum absolute atomic E-state index is 0.295. The average molecular weight is 336 g/mol. The van der Waals surface area contributed by atoms with Gasteiger partial charge in [0.2, 0.25) is 0 Å². The lowest BCUT2D eigenvalue weighted by atomic mass is 10.1. The van der Waals surface area contributed by atoms with E-state index >= 15 is 0 Å². The van der Waals surface area contributed by atoms with E-state index < -0.39 is 12.0 Å². The van der Waals surface area contributed by atoms with Gasteiger partial charge in [-0.25, -0.2) is 9.18 Å². The third-order valence-corrected chi connectivity index (χ3v) is 3.07. The molecule has 6 N–H and O–H groups in total. The first-order valence-electron chi connectivity index (χ1n) is 7.61. The fraction of sp³-hybridized carbons (Fsp3) is 0.353. The van der Waals surface area contributed by atoms with Crippen LogP contribution >= 0.6 is 0 Å². The number of carboxylic acids is 1. The van der Waals surface area contributed by atoms with Crippen LogP contribution in [0.25, 0.3) is 6.08 Å². The number of allylic oxidation sites excluding steroid dienone is 1. The first-order valence-corrected chi connectivity index (χ1v) is 7.61. The quantitative estimate of drug-likeness (QED) is 0.429. The number of aliphatic carboxylic acids is 1. The number of carboxylic acid groups (broad SMARTS) is 1. The smallest absolute Gasteiger partial charge is 0.328 e. The third kappa shape index (κ3) is 8.79. The van der Waals surface area contributed by atoms with E-state index in [1.165, 1.54) is 12.3 Å². The predicted molar refractivity (Wildman–Crippen MR) is 96.0 cm³/mol. The fourth-order valence-electron chi connectivity index (χ4n) is 1.80. The Hall–Kier alpha value is -2.54. The first kappa shape index (κ1) is 21.5. The molecule has 1 rings (SSSR count). The van der Waals surface area contributed by atoms with Crippen LogP contribution in [0.3, 0.4) is 0 Å². The van der Waals surface area contributed by atoms with E-state index in [0.717, 1.165) is 18.3 Å². The average Bonchev–Trinajstić information content (AvgIpc) is 2.55. The molecule has 1 unspecified atom stereocenters. The Labute approximate surface area is 141 Å². The second-order valence-corrected chi connectivity index (χ2v) is 4.82. The molecule has 24 heavy (non-hydrogen) atoms. The van der Waals surface area contributed by atoms with Crippen LogP contribution in [-0.4, -0.2) is 36.2 Å². The van der Waals surface area contributed by atoms with Crippen molar-refractivity contribution in [1.82, 2.24) is 0 Å². The van der Waals surface area contributed by atoms with Gasteiger partial charge in [-0.2, -0.15) is 0 Å². The van der Waals surface area contributed by atoms with Crippen LogP contribution in [0.4, 0.5) is 4.39 Å². The van der Waals surface area contributed by atoms with Crippen molar-refractivity contribution in [2.24, 2.45) is 16.5 Å². The highest BCUT2D eigenvalue weighted by Crippen LogP contribution is 2.12. The molecule has 0 aliphatic rings. The molecule has 0 aliphatic heterocycles. The summed E-state index contributed by atoms with van der Waals surface area (Å²) in [6.07, 6.45) is 7.04. The van der Waals surface area contributed by atoms with Gasteiger partial charge in [0.1, 0.15) is 11.9 Å². The second kappa shape index (κ2) is 13.0. The lowest BCUT2D eigenvalue weighted by molar-refractivity contribution is -0.138. The Morgan fingerprint density at radius 3 is 2.67 bits per heavy atom. The molecule has 0 aromatic heterocycles. The van der Waals surface area contributed by atoms with Gasteiger partial charge in [0.05, 0.1) is 6.34 Å². The number of rotatable bonds is 8. The highest BCUT2D eigenvalue weighted by molar-refractivity contribution is 5.82. The summed E-state index contributed by atoms with van der Waals surface area (Å²) in [4.78, 5) is 14.9. The number of nitrogens with zero attached hydrogens (tertiary/aromatic N) is 1. The number of benzene rings is 1. The molecule has 0 radical (unpaired) electrons. The summed E-state index contributed by atoms with van der Waals surface area (Å²) in [6.45, 7) is 2.40. The molecule has 6 nitrogen and oxygen atoms in total. The number of halogens is 1. The van der Waals surface area contributed by atoms with Gasteiger partial charge in [0.15, 0.2) is 0 Å². The lowest BCUT2D eigenvalue weighted by Gasteiger charge is -2.04. The summed E-state index contributed by atoms with van der Waals surface area (Å²) in [7, 11) is 0. The molecule has 0 amide bonds. The number of hydrogen-bond donors (Lipinski definition) is 4. The van der Waals surface area contributed by atoms with Crippen molar-refractivity contribution in [3.63, 3.8) is 0 Å². The van der Waals surface area contributed by atoms with E-state index in [0.29, 0.717) is 24.9 Å². The molecule has 7 heteroatoms. The van der Waals surface area contributed by atoms with Crippen molar-refractivity contribution in [1.29, 1.82) is 5.41 Å². The Kier molecular flexibility index (Phi) is 11.6. The number of nitrogens with two attached hydrogens (primary N) is 2. The summed E-state index contributed by atoms with van der Waals surface area (Å²) in [6, 6.07) is 4.26. The highest BCUT2D eigenvalue weighted by atomic mass is 19.1. The second-order valence-electron chi connectivity index (χ2n) is 4.82. The number of carbonyl (C=O) groups is 1. The van der Waals surface area contributed by atoms with Gasteiger partial charge in [-0.1, -0.05) is 25.1 Å². The van der Waals surface area contributed by atoms with Gasteiger partial charge in [-0.3, -0.25) is 10.4 Å². The molecule has 0 saturated heterocycles. The molecule has 132 valence electrons. The predicted octanol–water partition coefficient (Wildman–Crippen LogP) is 2.22. The number of aliphatic imine (C=N–C) groups is 1. The molecule has 1 aromatic rings. The normalized spacial score (nSPS) is 12.0. The summed E-state index contributed by atoms with van der Waals surface area (Å²) in [5, 5.41) is 14.8. The standard InChI is InChI=1S/C16H21FN2O2.CH4N2/c1-2-12-7-8-13(14(17)11-12)5-4-10-19-15(16(20)21)6-3-9-18;2-1-3/h4-5,7-8,10-11,15H,2-3,6,9,18H2,1H3,(H,20,21);1H,(H3,2,3)/b5-4+,19-10?;. The summed E-state index contributed by atoms with van der Waals surface area (Å²) in [5.41, 5.74) is 11.1. The van der Waals surface area contributed by atoms with Gasteiger partial charge in [0, 0.05) is 11.8 Å². The van der Waals surface area contributed by atoms with E-state index in [1.54, 1.807) is 18.2 Å². The molecule has 0 aliphatic carbocycles. The Morgan fingerprint density at radius 2 is 2.17 bits per heavy atom. The van der Waals surface area contributed by atoms with Crippen molar-refractivity contribution in [3.05, 3.63) is 41.2 Å². The van der Waals surface area contributed by atoms with E-state index in [-0.39, 0.29) is 5.82 Å². The summed E-state index contributed by atoms with van der Waals surface area (Å²) < 4.78 is 13.7. The van der Waals surface area contributed by atoms with Crippen LogP contribution in [0.1, 0.15) is 30.9 Å². The summed E-state index contributed by atoms with van der Waals surface area (Å²) in [5.74, 6) is -1.27. The van der Waals surface area contributed by atoms with Crippen molar-refractivity contribution in [2.75, 3.05) is 6.54 Å². The van der Waals surface area contributed by atoms with Crippen molar-refractivity contribution < 1.29 is 14.3 Å². The Balaban J connectivity index is 0.00000163. The minimum atomic E-state index is -0.980. The van der Waals surface area contributed by atoms with Gasteiger partial charge in [-0.15, -0.1) is 0 Å². The molecular formula is C17H25FN4O2. The van der Waals surface area contributed by atoms with Gasteiger partial charge < -0.3 is 16.6 Å². The maximum Gasteiger partial charge on any atom is 0.328 e. The molecule has 0 saturated carbocycles. The molecule has 0 fully saturated rings. The molecule has 0 heterocycles. The van der Waals surface area contributed by atoms with E-state index in [4.69, 9.17) is 16.2 Å². The maximum atomic E-state index is 13.7. The number of hydrogen-bond acceptors (Lipinski definition) is 4. The van der Waals surface area contributed by atoms with Crippen molar-refractivity contribution in [3.8, 4) is 0 Å². The topological polar surface area (TPSA) is 126 Å². The van der Waals surface area contributed by atoms with Gasteiger partial charge in [-0.05, 0) is 43.5 Å². The lowest BCUT2D eigenvalue weighted by Crippen LogP contribution is -2.19. The zero-order valence-electron chi connectivity index (χ0n) is 13.8. The number of nitrogens with one attached hydrogen (secondary N) is 1. The Morgan fingerprint density at radius 1 is 1.50 bits per heavy atom. The van der Waals surface area contributed by atoms with Crippen LogP contribution < -0.4 is 11.5 Å². The van der Waals surface area contributed by atoms with Crippen LogP contribution in [0.5, 0.6) is 0 Å². The SMILES string of the molecule is CCc1ccc(/C=C/C=NC(CCCN)C(=O)O)c(F)c1.N=CN. The van der Waals surface area contributed by atoms with Crippen molar-refractivity contribution >= 4 is 24.6 Å². The van der Waals surface area contributed by atoms with Gasteiger partial charge in [0.25, 0.3) is 0 Å². The van der Waals surface area contributed by atoms with E-state index in [1.807, 2.05) is 13.0 Å². The first-order chi connectivity index (χ1) is 11.5. The molecular weight excluding hydrogens is 311 g/mol. The molecule has 0 spiro atoms. The largest absolute Gasteiger partial charge is 0.480 e. The van der Waals surface area contributed by atoms with Crippen LogP contribution in [0, 0.1) is 11.2 Å². The third-order valence-electron chi connectivity index (χ3n) is 3.07. The van der Waals surface area contributed by atoms with E-state index in [9.17, 15) is 9.18 Å². The number of aryl methyl sites for hydroxylation is 1. The molecule has 1 atom stereocenters. The van der Waals surface area contributed by atoms with Crippen molar-refractivity contribution in [2.45, 2.75) is 32.2 Å². The Bertz CT molecular complexity index is 574. The summed E-state index contributed by atoms with van der Waals surface area (Å²) >= 11 is 0. The van der Waals surface area contributed by atoms with Crippen LogP contribution in [0.2, 0.25) is 0 Å². The zero-order chi connectivity index (χ0) is 18.4. The highest BCUT2D eigenvalue weighted by Gasteiger charge is 2.13. The molecule has 1 aromatic carbocycles. The maximum absolute atomic E-state index is 13.7. The van der Waals surface area contributed by atoms with Crippen LogP contribution in [0.15, 0.2) is 29.3 Å². The van der Waals surface area contributed by atoms with E-state index in [2.05, 4.69) is 10.7 Å². The minimum Gasteiger partial charge on any atom is -0.480 e. The van der Waals surface area contributed by atoms with Crippen LogP contribution in [-0.2, 0) is 11.2 Å². The monoisotopic (exact) mass is 336 g/mol. The fourth-order valence-corrected chi connectivity index (χ4v) is 1.80. The van der Waals surface area contributed by atoms with Gasteiger partial charge >= 0.3 is 5.97 Å². The molecule has 0 bridgehead atoms. The zero-order valence-corrected chi connectivity index (χ0v) is 13.8.